The zero-order valence-corrected chi connectivity index (χ0v) is 12.1. The van der Waals surface area contributed by atoms with E-state index in [4.69, 9.17) is 0 Å². The second kappa shape index (κ2) is 4.92. The number of fused-ring (bicyclic) bond motifs is 1. The molecule has 1 aromatic carbocycles. The lowest BCUT2D eigenvalue weighted by atomic mass is 9.94. The van der Waals surface area contributed by atoms with Gasteiger partial charge < -0.3 is 4.57 Å². The fourth-order valence-electron chi connectivity index (χ4n) is 3.03. The van der Waals surface area contributed by atoms with Gasteiger partial charge in [0.05, 0.1) is 23.6 Å². The van der Waals surface area contributed by atoms with E-state index in [0.29, 0.717) is 12.5 Å². The van der Waals surface area contributed by atoms with Gasteiger partial charge in [-0.2, -0.15) is 5.26 Å². The molecule has 0 spiro atoms. The van der Waals surface area contributed by atoms with E-state index in [9.17, 15) is 5.26 Å². The van der Waals surface area contributed by atoms with Crippen LogP contribution in [0.2, 0.25) is 0 Å². The number of rotatable bonds is 5. The van der Waals surface area contributed by atoms with Crippen LogP contribution in [0.25, 0.3) is 11.0 Å². The van der Waals surface area contributed by atoms with Crippen molar-refractivity contribution in [3.8, 4) is 6.07 Å². The van der Waals surface area contributed by atoms with E-state index in [1.54, 1.807) is 0 Å². The summed E-state index contributed by atoms with van der Waals surface area (Å²) in [6, 6.07) is 10.7. The minimum absolute atomic E-state index is 0.455. The largest absolute Gasteiger partial charge is 0.325 e. The minimum atomic E-state index is -0.455. The lowest BCUT2D eigenvalue weighted by Crippen LogP contribution is -2.49. The monoisotopic (exact) mass is 268 g/mol. The van der Waals surface area contributed by atoms with E-state index in [2.05, 4.69) is 33.9 Å². The third-order valence-corrected chi connectivity index (χ3v) is 4.22. The molecule has 1 saturated carbocycles. The molecule has 4 nitrogen and oxygen atoms in total. The molecule has 104 valence electrons. The summed E-state index contributed by atoms with van der Waals surface area (Å²) in [5.74, 6) is 1.44. The Labute approximate surface area is 119 Å². The van der Waals surface area contributed by atoms with Crippen LogP contribution in [0.1, 0.15) is 25.6 Å². The van der Waals surface area contributed by atoms with E-state index >= 15 is 0 Å². The Morgan fingerprint density at radius 3 is 2.85 bits per heavy atom. The van der Waals surface area contributed by atoms with Gasteiger partial charge in [-0.25, -0.2) is 4.98 Å². The Morgan fingerprint density at radius 2 is 2.20 bits per heavy atom. The molecule has 1 heterocycles. The molecule has 2 aromatic rings. The first-order valence-electron chi connectivity index (χ1n) is 7.28. The Kier molecular flexibility index (Phi) is 3.23. The molecule has 0 saturated heterocycles. The van der Waals surface area contributed by atoms with Crippen LogP contribution >= 0.6 is 0 Å². The normalized spacial score (nSPS) is 17.9. The van der Waals surface area contributed by atoms with Crippen molar-refractivity contribution in [2.75, 3.05) is 6.54 Å². The Morgan fingerprint density at radius 1 is 1.45 bits per heavy atom. The average molecular weight is 268 g/mol. The minimum Gasteiger partial charge on any atom is -0.325 e. The fraction of sp³-hybridized carbons (Fsp3) is 0.500. The van der Waals surface area contributed by atoms with Crippen LogP contribution in [0.3, 0.4) is 0 Å². The van der Waals surface area contributed by atoms with Crippen molar-refractivity contribution >= 4 is 11.0 Å². The SMILES string of the molecule is CCNC(C#N)(Cn1c(C)nc2ccccc21)C1CC1. The van der Waals surface area contributed by atoms with Crippen molar-refractivity contribution in [3.05, 3.63) is 30.1 Å². The van der Waals surface area contributed by atoms with Gasteiger partial charge in [0.15, 0.2) is 0 Å². The third kappa shape index (κ3) is 2.08. The number of imidazole rings is 1. The van der Waals surface area contributed by atoms with Crippen molar-refractivity contribution in [3.63, 3.8) is 0 Å². The van der Waals surface area contributed by atoms with Gasteiger partial charge in [-0.15, -0.1) is 0 Å². The topological polar surface area (TPSA) is 53.6 Å². The number of hydrogen-bond donors (Lipinski definition) is 1. The Balaban J connectivity index is 2.02. The number of nitrogens with one attached hydrogen (secondary N) is 1. The number of nitrogens with zero attached hydrogens (tertiary/aromatic N) is 3. The highest BCUT2D eigenvalue weighted by atomic mass is 15.1. The predicted octanol–water partition coefficient (Wildman–Crippen LogP) is 2.63. The molecule has 3 rings (SSSR count). The number of benzene rings is 1. The maximum atomic E-state index is 9.73. The van der Waals surface area contributed by atoms with Crippen molar-refractivity contribution < 1.29 is 0 Å². The van der Waals surface area contributed by atoms with Gasteiger partial charge >= 0.3 is 0 Å². The zero-order valence-electron chi connectivity index (χ0n) is 12.1. The molecule has 20 heavy (non-hydrogen) atoms. The number of likely N-dealkylation sites (N-methyl/N-ethyl adjacent to an activating group) is 1. The van der Waals surface area contributed by atoms with Crippen molar-refractivity contribution in [2.45, 2.75) is 38.8 Å². The molecule has 1 aliphatic carbocycles. The number of para-hydroxylation sites is 2. The van der Waals surface area contributed by atoms with Crippen LogP contribution in [0.4, 0.5) is 0 Å². The average Bonchev–Trinajstić information content (AvgIpc) is 3.25. The van der Waals surface area contributed by atoms with Crippen molar-refractivity contribution in [1.82, 2.24) is 14.9 Å². The van der Waals surface area contributed by atoms with Gasteiger partial charge in [-0.3, -0.25) is 5.32 Å². The van der Waals surface area contributed by atoms with Gasteiger partial charge in [0, 0.05) is 0 Å². The quantitative estimate of drug-likeness (QED) is 0.907. The molecule has 1 atom stereocenters. The summed E-state index contributed by atoms with van der Waals surface area (Å²) in [4.78, 5) is 4.60. The second-order valence-electron chi connectivity index (χ2n) is 5.62. The van der Waals surface area contributed by atoms with Crippen LogP contribution in [0.5, 0.6) is 0 Å². The lowest BCUT2D eigenvalue weighted by molar-refractivity contribution is 0.325. The molecule has 1 fully saturated rings. The van der Waals surface area contributed by atoms with Gasteiger partial charge in [0.25, 0.3) is 0 Å². The lowest BCUT2D eigenvalue weighted by Gasteiger charge is -2.28. The van der Waals surface area contributed by atoms with Gasteiger partial charge in [-0.1, -0.05) is 19.1 Å². The predicted molar refractivity (Wildman–Crippen MR) is 79.2 cm³/mol. The number of aromatic nitrogens is 2. The number of hydrogen-bond acceptors (Lipinski definition) is 3. The molecular formula is C16H20N4. The summed E-state index contributed by atoms with van der Waals surface area (Å²) in [6.45, 7) is 5.57. The molecule has 0 aliphatic heterocycles. The number of aryl methyl sites for hydroxylation is 1. The van der Waals surface area contributed by atoms with Crippen LogP contribution in [-0.2, 0) is 6.54 Å². The highest BCUT2D eigenvalue weighted by molar-refractivity contribution is 5.75. The van der Waals surface area contributed by atoms with Gasteiger partial charge in [0.2, 0.25) is 0 Å². The summed E-state index contributed by atoms with van der Waals surface area (Å²) in [5.41, 5.74) is 1.66. The van der Waals surface area contributed by atoms with Crippen LogP contribution < -0.4 is 5.32 Å². The molecule has 1 aromatic heterocycles. The van der Waals surface area contributed by atoms with Crippen molar-refractivity contribution in [1.29, 1.82) is 5.26 Å². The summed E-state index contributed by atoms with van der Waals surface area (Å²) in [5, 5.41) is 13.2. The van der Waals surface area contributed by atoms with Gasteiger partial charge in [-0.05, 0) is 44.4 Å². The van der Waals surface area contributed by atoms with E-state index < -0.39 is 5.54 Å². The summed E-state index contributed by atoms with van der Waals surface area (Å²) >= 11 is 0. The first-order valence-corrected chi connectivity index (χ1v) is 7.28. The molecule has 1 N–H and O–H groups in total. The Bertz CT molecular complexity index is 663. The van der Waals surface area contributed by atoms with E-state index in [1.165, 1.54) is 0 Å². The molecule has 1 unspecified atom stereocenters. The molecule has 4 heteroatoms. The second-order valence-corrected chi connectivity index (χ2v) is 5.62. The number of nitriles is 1. The van der Waals surface area contributed by atoms with Crippen LogP contribution in [0.15, 0.2) is 24.3 Å². The Hall–Kier alpha value is -1.86. The highest BCUT2D eigenvalue weighted by Crippen LogP contribution is 2.41. The maximum Gasteiger partial charge on any atom is 0.127 e. The maximum absolute atomic E-state index is 9.73. The third-order valence-electron chi connectivity index (χ3n) is 4.22. The summed E-state index contributed by atoms with van der Waals surface area (Å²) < 4.78 is 2.18. The van der Waals surface area contributed by atoms with Crippen molar-refractivity contribution in [2.24, 2.45) is 5.92 Å². The van der Waals surface area contributed by atoms with Crippen LogP contribution in [0, 0.1) is 24.2 Å². The molecule has 0 radical (unpaired) electrons. The first kappa shape index (κ1) is 13.1. The standard InChI is InChI=1S/C16H20N4/c1-3-18-16(10-17,13-8-9-13)11-20-12(2)19-14-6-4-5-7-15(14)20/h4-7,13,18H,3,8-9,11H2,1-2H3. The van der Waals surface area contributed by atoms with Gasteiger partial charge in [0.1, 0.15) is 11.4 Å². The first-order chi connectivity index (χ1) is 9.70. The summed E-state index contributed by atoms with van der Waals surface area (Å²) in [6.07, 6.45) is 2.29. The summed E-state index contributed by atoms with van der Waals surface area (Å²) in [7, 11) is 0. The van der Waals surface area contributed by atoms with Crippen LogP contribution in [-0.4, -0.2) is 21.6 Å². The molecule has 0 bridgehead atoms. The highest BCUT2D eigenvalue weighted by Gasteiger charge is 2.45. The molecule has 1 aliphatic rings. The zero-order chi connectivity index (χ0) is 14.2. The molecular weight excluding hydrogens is 248 g/mol. The molecule has 0 amide bonds. The smallest absolute Gasteiger partial charge is 0.127 e. The van der Waals surface area contributed by atoms with E-state index in [-0.39, 0.29) is 0 Å². The van der Waals surface area contributed by atoms with E-state index in [0.717, 1.165) is 36.2 Å². The van der Waals surface area contributed by atoms with E-state index in [1.807, 2.05) is 25.1 Å². The fourth-order valence-corrected chi connectivity index (χ4v) is 3.03.